The topological polar surface area (TPSA) is 55.0 Å². The van der Waals surface area contributed by atoms with E-state index >= 15 is 0 Å². The van der Waals surface area contributed by atoms with Gasteiger partial charge in [-0.05, 0) is 42.3 Å². The third-order valence-corrected chi connectivity index (χ3v) is 5.48. The highest BCUT2D eigenvalue weighted by Gasteiger charge is 2.15. The minimum atomic E-state index is -0.172. The number of methoxy groups -OCH3 is 1. The minimum absolute atomic E-state index is 0.172. The van der Waals surface area contributed by atoms with Crippen LogP contribution in [0.5, 0.6) is 5.75 Å². The summed E-state index contributed by atoms with van der Waals surface area (Å²) in [6, 6.07) is 13.2. The van der Waals surface area contributed by atoms with Crippen molar-refractivity contribution < 1.29 is 4.74 Å². The summed E-state index contributed by atoms with van der Waals surface area (Å²) < 4.78 is 5.31. The maximum absolute atomic E-state index is 12.8. The first-order valence-electron chi connectivity index (χ1n) is 8.00. The van der Waals surface area contributed by atoms with Crippen molar-refractivity contribution in [1.82, 2.24) is 9.97 Å². The molecule has 0 radical (unpaired) electrons. The van der Waals surface area contributed by atoms with Crippen molar-refractivity contribution in [2.75, 3.05) is 7.11 Å². The van der Waals surface area contributed by atoms with Gasteiger partial charge in [-0.2, -0.15) is 0 Å². The molecule has 0 aliphatic carbocycles. The van der Waals surface area contributed by atoms with Crippen LogP contribution in [0.4, 0.5) is 0 Å². The average Bonchev–Trinajstić information content (AvgIpc) is 3.06. The first-order valence-corrected chi connectivity index (χ1v) is 9.25. The van der Waals surface area contributed by atoms with Crippen molar-refractivity contribution >= 4 is 33.2 Å². The number of rotatable bonds is 3. The van der Waals surface area contributed by atoms with E-state index in [4.69, 9.17) is 16.3 Å². The predicted octanol–water partition coefficient (Wildman–Crippen LogP) is 5.29. The van der Waals surface area contributed by atoms with Crippen molar-refractivity contribution in [3.05, 3.63) is 68.8 Å². The van der Waals surface area contributed by atoms with E-state index in [1.54, 1.807) is 13.2 Å². The molecule has 0 atom stereocenters. The molecule has 0 saturated carbocycles. The first kappa shape index (κ1) is 16.8. The number of benzene rings is 2. The second kappa shape index (κ2) is 6.59. The van der Waals surface area contributed by atoms with Gasteiger partial charge in [-0.1, -0.05) is 29.8 Å². The second-order valence-corrected chi connectivity index (χ2v) is 7.17. The van der Waals surface area contributed by atoms with Gasteiger partial charge in [-0.3, -0.25) is 4.79 Å². The molecule has 130 valence electrons. The van der Waals surface area contributed by atoms with Gasteiger partial charge in [0.25, 0.3) is 5.56 Å². The maximum Gasteiger partial charge on any atom is 0.260 e. The Morgan fingerprint density at radius 3 is 2.69 bits per heavy atom. The van der Waals surface area contributed by atoms with Crippen LogP contribution < -0.4 is 10.3 Å². The van der Waals surface area contributed by atoms with Crippen molar-refractivity contribution in [3.63, 3.8) is 0 Å². The fourth-order valence-electron chi connectivity index (χ4n) is 2.99. The molecule has 6 heteroatoms. The van der Waals surface area contributed by atoms with E-state index in [1.807, 2.05) is 48.7 Å². The van der Waals surface area contributed by atoms with Gasteiger partial charge in [-0.15, -0.1) is 11.3 Å². The Morgan fingerprint density at radius 1 is 1.15 bits per heavy atom. The number of fused-ring (bicyclic) bond motifs is 1. The lowest BCUT2D eigenvalue weighted by molar-refractivity contribution is 0.412. The van der Waals surface area contributed by atoms with Gasteiger partial charge in [0.15, 0.2) is 0 Å². The lowest BCUT2D eigenvalue weighted by Crippen LogP contribution is -2.09. The van der Waals surface area contributed by atoms with Crippen LogP contribution in [0.2, 0.25) is 5.02 Å². The Bertz CT molecular complexity index is 1180. The smallest absolute Gasteiger partial charge is 0.260 e. The molecule has 0 spiro atoms. The highest BCUT2D eigenvalue weighted by atomic mass is 35.5. The molecule has 0 aliphatic heterocycles. The second-order valence-electron chi connectivity index (χ2n) is 5.91. The molecule has 0 amide bonds. The van der Waals surface area contributed by atoms with E-state index in [2.05, 4.69) is 9.97 Å². The zero-order chi connectivity index (χ0) is 18.3. The fraction of sp³-hybridized carbons (Fsp3) is 0.100. The van der Waals surface area contributed by atoms with E-state index in [-0.39, 0.29) is 5.56 Å². The number of H-pyrrole nitrogens is 1. The van der Waals surface area contributed by atoms with Crippen LogP contribution >= 0.6 is 22.9 Å². The summed E-state index contributed by atoms with van der Waals surface area (Å²) in [5.74, 6) is 1.30. The minimum Gasteiger partial charge on any atom is -0.496 e. The molecule has 0 bridgehead atoms. The summed E-state index contributed by atoms with van der Waals surface area (Å²) in [5.41, 5.74) is 3.39. The maximum atomic E-state index is 12.8. The van der Waals surface area contributed by atoms with Crippen LogP contribution in [0.3, 0.4) is 0 Å². The van der Waals surface area contributed by atoms with E-state index < -0.39 is 0 Å². The Labute approximate surface area is 159 Å². The van der Waals surface area contributed by atoms with Crippen LogP contribution in [0.1, 0.15) is 5.56 Å². The molecule has 4 nitrogen and oxygen atoms in total. The summed E-state index contributed by atoms with van der Waals surface area (Å²) in [6.07, 6.45) is 0. The zero-order valence-electron chi connectivity index (χ0n) is 14.2. The number of aryl methyl sites for hydroxylation is 1. The standard InChI is InChI=1S/C20H15ClN2O2S/c1-11-9-12(7-8-16(11)25-2)14-10-26-20-17(14)19(24)22-18(23-20)13-5-3-4-6-15(13)21/h3-10H,1-2H3,(H,22,23,24). The fourth-order valence-corrected chi connectivity index (χ4v) is 4.16. The molecule has 4 aromatic rings. The molecular weight excluding hydrogens is 368 g/mol. The average molecular weight is 383 g/mol. The normalized spacial score (nSPS) is 11.0. The molecule has 1 N–H and O–H groups in total. The number of nitrogens with one attached hydrogen (secondary N) is 1. The number of aromatic amines is 1. The molecule has 26 heavy (non-hydrogen) atoms. The van der Waals surface area contributed by atoms with Gasteiger partial charge in [0.2, 0.25) is 0 Å². The third kappa shape index (κ3) is 2.79. The van der Waals surface area contributed by atoms with Crippen LogP contribution in [0.25, 0.3) is 32.7 Å². The quantitative estimate of drug-likeness (QED) is 0.523. The van der Waals surface area contributed by atoms with Crippen molar-refractivity contribution in [2.45, 2.75) is 6.92 Å². The number of halogens is 1. The monoisotopic (exact) mass is 382 g/mol. The molecule has 2 aromatic carbocycles. The predicted molar refractivity (Wildman–Crippen MR) is 107 cm³/mol. The number of nitrogens with zero attached hydrogens (tertiary/aromatic N) is 1. The first-order chi connectivity index (χ1) is 12.6. The molecule has 0 saturated heterocycles. The van der Waals surface area contributed by atoms with Crippen LogP contribution in [-0.4, -0.2) is 17.1 Å². The van der Waals surface area contributed by atoms with Crippen molar-refractivity contribution in [2.24, 2.45) is 0 Å². The number of hydrogen-bond acceptors (Lipinski definition) is 4. The SMILES string of the molecule is COc1ccc(-c2csc3nc(-c4ccccc4Cl)[nH]c(=O)c23)cc1C. The van der Waals surface area contributed by atoms with Crippen LogP contribution in [0.15, 0.2) is 52.6 Å². The van der Waals surface area contributed by atoms with Gasteiger partial charge in [0.05, 0.1) is 17.5 Å². The molecule has 0 unspecified atom stereocenters. The molecule has 0 aliphatic rings. The zero-order valence-corrected chi connectivity index (χ0v) is 15.7. The van der Waals surface area contributed by atoms with Gasteiger partial charge >= 0.3 is 0 Å². The van der Waals surface area contributed by atoms with Crippen LogP contribution in [0, 0.1) is 6.92 Å². The molecule has 2 aromatic heterocycles. The van der Waals surface area contributed by atoms with Crippen LogP contribution in [-0.2, 0) is 0 Å². The summed E-state index contributed by atoms with van der Waals surface area (Å²) in [6.45, 7) is 1.98. The van der Waals surface area contributed by atoms with E-state index in [0.717, 1.165) is 22.4 Å². The largest absolute Gasteiger partial charge is 0.496 e. The third-order valence-electron chi connectivity index (χ3n) is 4.28. The highest BCUT2D eigenvalue weighted by Crippen LogP contribution is 2.34. The lowest BCUT2D eigenvalue weighted by atomic mass is 10.0. The Hall–Kier alpha value is -2.63. The number of hydrogen-bond donors (Lipinski definition) is 1. The summed E-state index contributed by atoms with van der Waals surface area (Å²) in [5, 5.41) is 3.11. The Balaban J connectivity index is 1.89. The lowest BCUT2D eigenvalue weighted by Gasteiger charge is -2.07. The summed E-state index contributed by atoms with van der Waals surface area (Å²) in [4.78, 5) is 21.0. The van der Waals surface area contributed by atoms with E-state index in [0.29, 0.717) is 26.6 Å². The summed E-state index contributed by atoms with van der Waals surface area (Å²) in [7, 11) is 1.65. The van der Waals surface area contributed by atoms with Gasteiger partial charge < -0.3 is 9.72 Å². The molecule has 4 rings (SSSR count). The van der Waals surface area contributed by atoms with Crippen molar-refractivity contribution in [3.8, 4) is 28.3 Å². The van der Waals surface area contributed by atoms with Gasteiger partial charge in [0.1, 0.15) is 16.4 Å². The van der Waals surface area contributed by atoms with E-state index in [1.165, 1.54) is 11.3 Å². The summed E-state index contributed by atoms with van der Waals surface area (Å²) >= 11 is 7.69. The Kier molecular flexibility index (Phi) is 4.26. The Morgan fingerprint density at radius 2 is 1.96 bits per heavy atom. The van der Waals surface area contributed by atoms with Gasteiger partial charge in [-0.25, -0.2) is 4.98 Å². The molecular formula is C20H15ClN2O2S. The van der Waals surface area contributed by atoms with E-state index in [9.17, 15) is 4.79 Å². The highest BCUT2D eigenvalue weighted by molar-refractivity contribution is 7.17. The van der Waals surface area contributed by atoms with Gasteiger partial charge in [0, 0.05) is 16.5 Å². The van der Waals surface area contributed by atoms with Crippen molar-refractivity contribution in [1.29, 1.82) is 0 Å². The number of thiophene rings is 1. The number of ether oxygens (including phenoxy) is 1. The molecule has 0 fully saturated rings. The number of aromatic nitrogens is 2. The molecule has 2 heterocycles.